The molecule has 1 aromatic heterocycles. The van der Waals surface area contributed by atoms with Gasteiger partial charge in [-0.3, -0.25) is 4.57 Å². The van der Waals surface area contributed by atoms with Crippen molar-refractivity contribution in [3.05, 3.63) is 23.0 Å². The van der Waals surface area contributed by atoms with Gasteiger partial charge in [0.1, 0.15) is 0 Å². The van der Waals surface area contributed by atoms with Crippen molar-refractivity contribution in [1.82, 2.24) is 4.57 Å². The predicted octanol–water partition coefficient (Wildman–Crippen LogP) is 2.50. The van der Waals surface area contributed by atoms with Crippen molar-refractivity contribution in [3.8, 4) is 6.19 Å². The Hall–Kier alpha value is -1.23. The van der Waals surface area contributed by atoms with Crippen molar-refractivity contribution in [2.45, 2.75) is 40.0 Å². The standard InChI is InChI=1S/C11H16N2/c1-4-9-7-13(8-12)11(6-3)10(9)5-2/h7H,4-6H2,1-3H3. The molecule has 0 amide bonds. The molecule has 0 saturated carbocycles. The number of hydrogen-bond donors (Lipinski definition) is 0. The van der Waals surface area contributed by atoms with Crippen LogP contribution in [0.5, 0.6) is 0 Å². The third-order valence-electron chi connectivity index (χ3n) is 2.49. The minimum Gasteiger partial charge on any atom is -0.259 e. The van der Waals surface area contributed by atoms with Crippen molar-refractivity contribution >= 4 is 0 Å². The summed E-state index contributed by atoms with van der Waals surface area (Å²) < 4.78 is 1.71. The summed E-state index contributed by atoms with van der Waals surface area (Å²) in [5.41, 5.74) is 3.87. The van der Waals surface area contributed by atoms with Gasteiger partial charge in [-0.2, -0.15) is 5.26 Å². The molecule has 0 aromatic carbocycles. The lowest BCUT2D eigenvalue weighted by atomic mass is 10.1. The Balaban J connectivity index is 3.27. The van der Waals surface area contributed by atoms with Crippen molar-refractivity contribution in [2.75, 3.05) is 0 Å². The van der Waals surface area contributed by atoms with Gasteiger partial charge in [-0.05, 0) is 30.4 Å². The van der Waals surface area contributed by atoms with Crippen LogP contribution in [0.2, 0.25) is 0 Å². The second-order valence-corrected chi connectivity index (χ2v) is 3.11. The Kier molecular flexibility index (Phi) is 3.13. The summed E-state index contributed by atoms with van der Waals surface area (Å²) in [6.45, 7) is 6.38. The number of nitrogens with zero attached hydrogens (tertiary/aromatic N) is 2. The quantitative estimate of drug-likeness (QED) is 0.695. The van der Waals surface area contributed by atoms with Crippen LogP contribution in [0, 0.1) is 11.5 Å². The highest BCUT2D eigenvalue weighted by atomic mass is 15.0. The van der Waals surface area contributed by atoms with Crippen LogP contribution >= 0.6 is 0 Å². The molecular weight excluding hydrogens is 160 g/mol. The highest BCUT2D eigenvalue weighted by Gasteiger charge is 2.10. The maximum Gasteiger partial charge on any atom is 0.188 e. The van der Waals surface area contributed by atoms with Crippen molar-refractivity contribution in [2.24, 2.45) is 0 Å². The Morgan fingerprint density at radius 3 is 2.31 bits per heavy atom. The molecule has 13 heavy (non-hydrogen) atoms. The lowest BCUT2D eigenvalue weighted by Crippen LogP contribution is -1.96. The molecule has 70 valence electrons. The fourth-order valence-corrected chi connectivity index (χ4v) is 1.85. The third kappa shape index (κ3) is 1.60. The lowest BCUT2D eigenvalue weighted by molar-refractivity contribution is 0.920. The van der Waals surface area contributed by atoms with Gasteiger partial charge in [-0.1, -0.05) is 20.8 Å². The molecule has 2 nitrogen and oxygen atoms in total. The Bertz CT molecular complexity index is 329. The molecule has 0 saturated heterocycles. The van der Waals surface area contributed by atoms with Gasteiger partial charge in [-0.25, -0.2) is 0 Å². The van der Waals surface area contributed by atoms with Crippen LogP contribution in [-0.4, -0.2) is 4.57 Å². The number of aryl methyl sites for hydroxylation is 1. The zero-order valence-corrected chi connectivity index (χ0v) is 8.59. The first kappa shape index (κ1) is 9.85. The zero-order chi connectivity index (χ0) is 9.84. The molecule has 0 fully saturated rings. The number of aromatic nitrogens is 1. The Morgan fingerprint density at radius 2 is 1.92 bits per heavy atom. The van der Waals surface area contributed by atoms with Crippen LogP contribution in [0.15, 0.2) is 6.20 Å². The van der Waals surface area contributed by atoms with Crippen molar-refractivity contribution in [3.63, 3.8) is 0 Å². The topological polar surface area (TPSA) is 28.7 Å². The van der Waals surface area contributed by atoms with Crippen LogP contribution in [0.4, 0.5) is 0 Å². The van der Waals surface area contributed by atoms with Crippen LogP contribution in [-0.2, 0) is 19.3 Å². The fraction of sp³-hybridized carbons (Fsp3) is 0.545. The maximum atomic E-state index is 8.89. The molecule has 1 aromatic rings. The second kappa shape index (κ2) is 4.13. The van der Waals surface area contributed by atoms with Gasteiger partial charge >= 0.3 is 0 Å². The van der Waals surface area contributed by atoms with Gasteiger partial charge in [0.25, 0.3) is 0 Å². The van der Waals surface area contributed by atoms with E-state index in [1.54, 1.807) is 4.57 Å². The Morgan fingerprint density at radius 1 is 1.23 bits per heavy atom. The van der Waals surface area contributed by atoms with Gasteiger partial charge in [0, 0.05) is 11.9 Å². The van der Waals surface area contributed by atoms with E-state index in [-0.39, 0.29) is 0 Å². The first-order chi connectivity index (χ1) is 6.28. The van der Waals surface area contributed by atoms with E-state index in [1.807, 2.05) is 6.20 Å². The normalized spacial score (nSPS) is 10.0. The van der Waals surface area contributed by atoms with Crippen LogP contribution in [0.3, 0.4) is 0 Å². The average Bonchev–Trinajstić information content (AvgIpc) is 2.54. The van der Waals surface area contributed by atoms with Crippen LogP contribution in [0.25, 0.3) is 0 Å². The van der Waals surface area contributed by atoms with Crippen LogP contribution < -0.4 is 0 Å². The summed E-state index contributed by atoms with van der Waals surface area (Å²) in [5.74, 6) is 0. The van der Waals surface area contributed by atoms with E-state index in [0.717, 1.165) is 19.3 Å². The summed E-state index contributed by atoms with van der Waals surface area (Å²) in [5, 5.41) is 8.89. The average molecular weight is 176 g/mol. The molecule has 0 spiro atoms. The maximum absolute atomic E-state index is 8.89. The molecule has 0 aliphatic rings. The predicted molar refractivity (Wildman–Crippen MR) is 53.6 cm³/mol. The highest BCUT2D eigenvalue weighted by molar-refractivity contribution is 5.34. The van der Waals surface area contributed by atoms with Gasteiger partial charge in [0.05, 0.1) is 0 Å². The molecule has 1 heterocycles. The van der Waals surface area contributed by atoms with Gasteiger partial charge in [-0.15, -0.1) is 0 Å². The summed E-state index contributed by atoms with van der Waals surface area (Å²) >= 11 is 0. The van der Waals surface area contributed by atoms with E-state index in [4.69, 9.17) is 5.26 Å². The van der Waals surface area contributed by atoms with E-state index < -0.39 is 0 Å². The zero-order valence-electron chi connectivity index (χ0n) is 8.59. The summed E-state index contributed by atoms with van der Waals surface area (Å²) in [6, 6.07) is 0. The summed E-state index contributed by atoms with van der Waals surface area (Å²) in [7, 11) is 0. The van der Waals surface area contributed by atoms with Gasteiger partial charge in [0.2, 0.25) is 0 Å². The summed E-state index contributed by atoms with van der Waals surface area (Å²) in [6.07, 6.45) is 7.15. The molecule has 0 atom stereocenters. The van der Waals surface area contributed by atoms with Crippen LogP contribution in [0.1, 0.15) is 37.6 Å². The minimum absolute atomic E-state index is 0.941. The smallest absolute Gasteiger partial charge is 0.188 e. The molecule has 0 unspecified atom stereocenters. The third-order valence-corrected chi connectivity index (χ3v) is 2.49. The summed E-state index contributed by atoms with van der Waals surface area (Å²) in [4.78, 5) is 0. The first-order valence-electron chi connectivity index (χ1n) is 4.90. The van der Waals surface area contributed by atoms with Gasteiger partial charge in [0.15, 0.2) is 6.19 Å². The van der Waals surface area contributed by atoms with Gasteiger partial charge < -0.3 is 0 Å². The fourth-order valence-electron chi connectivity index (χ4n) is 1.85. The van der Waals surface area contributed by atoms with E-state index >= 15 is 0 Å². The SMILES string of the molecule is CCc1cn(C#N)c(CC)c1CC. The van der Waals surface area contributed by atoms with Crippen molar-refractivity contribution < 1.29 is 0 Å². The van der Waals surface area contributed by atoms with E-state index in [0.29, 0.717) is 0 Å². The molecule has 0 bridgehead atoms. The minimum atomic E-state index is 0.941. The monoisotopic (exact) mass is 176 g/mol. The number of hydrogen-bond acceptors (Lipinski definition) is 1. The molecule has 2 heteroatoms. The molecular formula is C11H16N2. The molecule has 0 radical (unpaired) electrons. The second-order valence-electron chi connectivity index (χ2n) is 3.11. The molecule has 0 N–H and O–H groups in total. The van der Waals surface area contributed by atoms with E-state index in [9.17, 15) is 0 Å². The molecule has 0 aliphatic heterocycles. The van der Waals surface area contributed by atoms with E-state index in [1.165, 1.54) is 16.8 Å². The van der Waals surface area contributed by atoms with Crippen molar-refractivity contribution in [1.29, 1.82) is 5.26 Å². The highest BCUT2D eigenvalue weighted by Crippen LogP contribution is 2.18. The van der Waals surface area contributed by atoms with E-state index in [2.05, 4.69) is 27.0 Å². The molecule has 1 rings (SSSR count). The lowest BCUT2D eigenvalue weighted by Gasteiger charge is -2.01. The number of nitriles is 1. The molecule has 0 aliphatic carbocycles. The first-order valence-corrected chi connectivity index (χ1v) is 4.90. The largest absolute Gasteiger partial charge is 0.259 e. The number of rotatable bonds is 3. The Labute approximate surface area is 79.8 Å².